The summed E-state index contributed by atoms with van der Waals surface area (Å²) >= 11 is 0. The van der Waals surface area contributed by atoms with Crippen molar-refractivity contribution in [2.45, 2.75) is 43.9 Å². The number of hydrogen-bond acceptors (Lipinski definition) is 9. The lowest BCUT2D eigenvalue weighted by Gasteiger charge is -2.23. The van der Waals surface area contributed by atoms with Crippen molar-refractivity contribution >= 4 is 26.7 Å². The highest BCUT2D eigenvalue weighted by Gasteiger charge is 2.26. The first-order valence-corrected chi connectivity index (χ1v) is 13.7. The van der Waals surface area contributed by atoms with E-state index in [1.54, 1.807) is 16.8 Å². The van der Waals surface area contributed by atoms with Gasteiger partial charge in [0.2, 0.25) is 5.88 Å². The molecule has 4 aromatic rings. The maximum atomic E-state index is 15.3. The van der Waals surface area contributed by atoms with Gasteiger partial charge in [-0.25, -0.2) is 31.8 Å². The third-order valence-corrected chi connectivity index (χ3v) is 7.68. The Hall–Kier alpha value is -4.35. The zero-order valence-corrected chi connectivity index (χ0v) is 22.3. The normalized spacial score (nSPS) is 15.5. The molecule has 0 amide bonds. The molecule has 0 spiro atoms. The van der Waals surface area contributed by atoms with Crippen molar-refractivity contribution in [3.8, 4) is 17.7 Å². The standard InChI is InChI=1S/C26H24F2N6O5S/c1-15-18-9-17(13-30-25(18)34(32-15)22-5-3-4-8-38-22)14-39-24-19(27)6-7-20(23(24)28)33-40(35,36)21-10-16(11-29)12-31-26(21)37-2/h6-7,9-10,12-13,22,33H,3-5,8,14H2,1-2H3. The molecule has 1 aliphatic rings. The first kappa shape index (κ1) is 27.2. The van der Waals surface area contributed by atoms with Crippen LogP contribution < -0.4 is 14.2 Å². The molecule has 3 aromatic heterocycles. The lowest BCUT2D eigenvalue weighted by molar-refractivity contribution is -0.0371. The summed E-state index contributed by atoms with van der Waals surface area (Å²) in [4.78, 5) is 7.78. The molecule has 1 N–H and O–H groups in total. The average molecular weight is 571 g/mol. The highest BCUT2D eigenvalue weighted by molar-refractivity contribution is 7.92. The lowest BCUT2D eigenvalue weighted by atomic mass is 10.2. The highest BCUT2D eigenvalue weighted by Crippen LogP contribution is 2.32. The molecule has 1 fully saturated rings. The number of benzene rings is 1. The average Bonchev–Trinajstić information content (AvgIpc) is 3.30. The summed E-state index contributed by atoms with van der Waals surface area (Å²) in [6.07, 6.45) is 5.30. The van der Waals surface area contributed by atoms with E-state index in [9.17, 15) is 12.8 Å². The lowest BCUT2D eigenvalue weighted by Crippen LogP contribution is -2.19. The number of nitrogens with one attached hydrogen (secondary N) is 1. The highest BCUT2D eigenvalue weighted by atomic mass is 32.2. The number of pyridine rings is 2. The molecule has 0 radical (unpaired) electrons. The maximum Gasteiger partial charge on any atom is 0.267 e. The van der Waals surface area contributed by atoms with Gasteiger partial charge in [-0.1, -0.05) is 0 Å². The Morgan fingerprint density at radius 2 is 2.05 bits per heavy atom. The van der Waals surface area contributed by atoms with Gasteiger partial charge < -0.3 is 14.2 Å². The Kier molecular flexibility index (Phi) is 7.51. The second kappa shape index (κ2) is 11.0. The first-order valence-electron chi connectivity index (χ1n) is 12.2. The molecule has 4 heterocycles. The van der Waals surface area contributed by atoms with Crippen molar-refractivity contribution in [2.24, 2.45) is 0 Å². The van der Waals surface area contributed by atoms with Crippen LogP contribution in [0.4, 0.5) is 14.5 Å². The fourth-order valence-electron chi connectivity index (χ4n) is 4.35. The summed E-state index contributed by atoms with van der Waals surface area (Å²) in [7, 11) is -3.29. The van der Waals surface area contributed by atoms with Gasteiger partial charge >= 0.3 is 0 Å². The van der Waals surface area contributed by atoms with Crippen LogP contribution in [0.25, 0.3) is 11.0 Å². The molecule has 1 atom stereocenters. The smallest absolute Gasteiger partial charge is 0.267 e. The van der Waals surface area contributed by atoms with Gasteiger partial charge in [0, 0.05) is 30.0 Å². The van der Waals surface area contributed by atoms with E-state index in [4.69, 9.17) is 19.5 Å². The summed E-state index contributed by atoms with van der Waals surface area (Å²) in [5, 5.41) is 14.4. The number of sulfonamides is 1. The van der Waals surface area contributed by atoms with Crippen molar-refractivity contribution < 1.29 is 31.4 Å². The van der Waals surface area contributed by atoms with E-state index < -0.39 is 38.0 Å². The fourth-order valence-corrected chi connectivity index (χ4v) is 5.55. The minimum Gasteiger partial charge on any atom is -0.483 e. The number of aromatic nitrogens is 4. The number of nitrogens with zero attached hydrogens (tertiary/aromatic N) is 5. The van der Waals surface area contributed by atoms with Crippen LogP contribution in [-0.4, -0.2) is 41.9 Å². The third-order valence-electron chi connectivity index (χ3n) is 6.32. The number of rotatable bonds is 8. The minimum atomic E-state index is -4.48. The Labute approximate surface area is 228 Å². The second-order valence-electron chi connectivity index (χ2n) is 9.04. The first-order chi connectivity index (χ1) is 19.2. The summed E-state index contributed by atoms with van der Waals surface area (Å²) in [6, 6.07) is 6.37. The molecule has 0 saturated carbocycles. The quantitative estimate of drug-likeness (QED) is 0.327. The number of anilines is 1. The van der Waals surface area contributed by atoms with Crippen molar-refractivity contribution in [1.29, 1.82) is 5.26 Å². The topological polar surface area (TPSA) is 141 Å². The van der Waals surface area contributed by atoms with Crippen molar-refractivity contribution in [3.63, 3.8) is 0 Å². The molecule has 208 valence electrons. The minimum absolute atomic E-state index is 0.0533. The molecule has 1 aromatic carbocycles. The number of ether oxygens (including phenoxy) is 3. The van der Waals surface area contributed by atoms with Crippen LogP contribution in [0.1, 0.15) is 42.3 Å². The van der Waals surface area contributed by atoms with Gasteiger partial charge in [-0.3, -0.25) is 4.72 Å². The van der Waals surface area contributed by atoms with Gasteiger partial charge in [0.05, 0.1) is 24.1 Å². The second-order valence-corrected chi connectivity index (χ2v) is 10.7. The summed E-state index contributed by atoms with van der Waals surface area (Å²) < 4.78 is 75.9. The van der Waals surface area contributed by atoms with E-state index >= 15 is 4.39 Å². The van der Waals surface area contributed by atoms with E-state index in [1.807, 2.05) is 11.6 Å². The molecular formula is C26H24F2N6O5S. The summed E-state index contributed by atoms with van der Waals surface area (Å²) in [6.45, 7) is 2.24. The Balaban J connectivity index is 1.38. The van der Waals surface area contributed by atoms with E-state index in [1.165, 1.54) is 13.3 Å². The number of fused-ring (bicyclic) bond motifs is 1. The molecular weight excluding hydrogens is 546 g/mol. The molecule has 0 aliphatic carbocycles. The summed E-state index contributed by atoms with van der Waals surface area (Å²) in [5.41, 5.74) is 1.25. The monoisotopic (exact) mass is 570 g/mol. The molecule has 1 aliphatic heterocycles. The number of aryl methyl sites for hydroxylation is 1. The van der Waals surface area contributed by atoms with Crippen LogP contribution in [0, 0.1) is 29.9 Å². The number of methoxy groups -OCH3 is 1. The fraction of sp³-hybridized carbons (Fsp3) is 0.308. The Morgan fingerprint density at radius 1 is 1.23 bits per heavy atom. The van der Waals surface area contributed by atoms with E-state index in [0.717, 1.165) is 54.7 Å². The zero-order valence-electron chi connectivity index (χ0n) is 21.5. The number of hydrogen-bond donors (Lipinski definition) is 1. The van der Waals surface area contributed by atoms with Crippen LogP contribution in [0.2, 0.25) is 0 Å². The largest absolute Gasteiger partial charge is 0.483 e. The van der Waals surface area contributed by atoms with Gasteiger partial charge in [0.15, 0.2) is 34.2 Å². The SMILES string of the molecule is COc1ncc(C#N)cc1S(=O)(=O)Nc1ccc(F)c(OCc2cnc3c(c2)c(C)nn3C2CCCCO2)c1F. The van der Waals surface area contributed by atoms with Crippen LogP contribution >= 0.6 is 0 Å². The van der Waals surface area contributed by atoms with E-state index in [2.05, 4.69) is 15.1 Å². The van der Waals surface area contributed by atoms with Crippen molar-refractivity contribution in [3.05, 3.63) is 65.1 Å². The van der Waals surface area contributed by atoms with Gasteiger partial charge in [0.25, 0.3) is 10.0 Å². The molecule has 11 nitrogen and oxygen atoms in total. The predicted molar refractivity (Wildman–Crippen MR) is 138 cm³/mol. The number of halogens is 2. The number of nitriles is 1. The predicted octanol–water partition coefficient (Wildman–Crippen LogP) is 4.37. The van der Waals surface area contributed by atoms with Gasteiger partial charge in [-0.05, 0) is 50.5 Å². The molecule has 1 saturated heterocycles. The molecule has 1 unspecified atom stereocenters. The summed E-state index contributed by atoms with van der Waals surface area (Å²) in [5.74, 6) is -3.38. The Morgan fingerprint density at radius 3 is 2.77 bits per heavy atom. The maximum absolute atomic E-state index is 15.3. The van der Waals surface area contributed by atoms with E-state index in [-0.39, 0.29) is 24.3 Å². The van der Waals surface area contributed by atoms with Crippen LogP contribution in [0.5, 0.6) is 11.6 Å². The van der Waals surface area contributed by atoms with Crippen LogP contribution in [0.15, 0.2) is 41.6 Å². The van der Waals surface area contributed by atoms with E-state index in [0.29, 0.717) is 17.8 Å². The van der Waals surface area contributed by atoms with Gasteiger partial charge in [0.1, 0.15) is 12.7 Å². The van der Waals surface area contributed by atoms with Crippen molar-refractivity contribution in [2.75, 3.05) is 18.4 Å². The van der Waals surface area contributed by atoms with Crippen molar-refractivity contribution in [1.82, 2.24) is 19.7 Å². The molecule has 40 heavy (non-hydrogen) atoms. The Bertz CT molecular complexity index is 1730. The van der Waals surface area contributed by atoms with Gasteiger partial charge in [-0.2, -0.15) is 10.4 Å². The zero-order chi connectivity index (χ0) is 28.4. The molecule has 14 heteroatoms. The molecule has 5 rings (SSSR count). The van der Waals surface area contributed by atoms with Crippen LogP contribution in [-0.2, 0) is 21.4 Å². The van der Waals surface area contributed by atoms with Gasteiger partial charge in [-0.15, -0.1) is 0 Å². The third kappa shape index (κ3) is 5.25. The van der Waals surface area contributed by atoms with Crippen LogP contribution in [0.3, 0.4) is 0 Å². The molecule has 0 bridgehead atoms.